The number of nitrogen functional groups attached to an aromatic ring is 1. The van der Waals surface area contributed by atoms with Gasteiger partial charge in [0.25, 0.3) is 0 Å². The monoisotopic (exact) mass is 220 g/mol. The number of benzene rings is 1. The van der Waals surface area contributed by atoms with Crippen LogP contribution in [0.3, 0.4) is 0 Å². The van der Waals surface area contributed by atoms with E-state index in [1.165, 1.54) is 0 Å². The van der Waals surface area contributed by atoms with Crippen LogP contribution < -0.4 is 11.1 Å². The molecule has 0 unspecified atom stereocenters. The number of hydrogen-bond acceptors (Lipinski definition) is 2. The third-order valence-corrected chi connectivity index (χ3v) is 2.69. The second kappa shape index (κ2) is 5.54. The lowest BCUT2D eigenvalue weighted by molar-refractivity contribution is -0.119. The van der Waals surface area contributed by atoms with E-state index in [1.807, 2.05) is 26.0 Å². The van der Waals surface area contributed by atoms with Crippen molar-refractivity contribution in [1.29, 1.82) is 0 Å². The molecule has 1 rings (SSSR count). The Morgan fingerprint density at radius 3 is 2.81 bits per heavy atom. The van der Waals surface area contributed by atoms with Crippen molar-refractivity contribution in [3.8, 4) is 0 Å². The Labute approximate surface area is 97.0 Å². The summed E-state index contributed by atoms with van der Waals surface area (Å²) in [5.41, 5.74) is 8.20. The van der Waals surface area contributed by atoms with Crippen LogP contribution in [0.1, 0.15) is 32.3 Å². The van der Waals surface area contributed by atoms with Crippen LogP contribution in [0.4, 0.5) is 11.4 Å². The molecule has 0 radical (unpaired) electrons. The number of aryl methyl sites for hydroxylation is 1. The van der Waals surface area contributed by atoms with Gasteiger partial charge in [0, 0.05) is 17.3 Å². The topological polar surface area (TPSA) is 55.1 Å². The maximum Gasteiger partial charge on any atom is 0.227 e. The first-order chi connectivity index (χ1) is 7.54. The largest absolute Gasteiger partial charge is 0.399 e. The zero-order valence-corrected chi connectivity index (χ0v) is 10.2. The Hall–Kier alpha value is -1.51. The van der Waals surface area contributed by atoms with E-state index >= 15 is 0 Å². The van der Waals surface area contributed by atoms with Crippen LogP contribution in [0.25, 0.3) is 0 Å². The fourth-order valence-electron chi connectivity index (χ4n) is 1.59. The second-order valence-corrected chi connectivity index (χ2v) is 4.25. The average molecular weight is 220 g/mol. The summed E-state index contributed by atoms with van der Waals surface area (Å²) < 4.78 is 0. The van der Waals surface area contributed by atoms with E-state index in [-0.39, 0.29) is 11.8 Å². The van der Waals surface area contributed by atoms with Gasteiger partial charge >= 0.3 is 0 Å². The lowest BCUT2D eigenvalue weighted by Gasteiger charge is -2.13. The molecule has 1 aromatic rings. The quantitative estimate of drug-likeness (QED) is 0.766. The van der Waals surface area contributed by atoms with Gasteiger partial charge in [-0.3, -0.25) is 4.79 Å². The number of amides is 1. The van der Waals surface area contributed by atoms with E-state index in [4.69, 9.17) is 5.73 Å². The Balaban J connectivity index is 2.72. The molecule has 3 heteroatoms. The van der Waals surface area contributed by atoms with Crippen molar-refractivity contribution in [1.82, 2.24) is 0 Å². The molecule has 0 bridgehead atoms. The van der Waals surface area contributed by atoms with Gasteiger partial charge in [-0.1, -0.05) is 26.3 Å². The Bertz CT molecular complexity index is 374. The van der Waals surface area contributed by atoms with E-state index in [2.05, 4.69) is 12.2 Å². The van der Waals surface area contributed by atoms with Crippen molar-refractivity contribution in [2.24, 2.45) is 5.92 Å². The van der Waals surface area contributed by atoms with Gasteiger partial charge in [-0.25, -0.2) is 0 Å². The average Bonchev–Trinajstić information content (AvgIpc) is 2.23. The maximum absolute atomic E-state index is 11.8. The summed E-state index contributed by atoms with van der Waals surface area (Å²) in [5.74, 6) is 0.112. The molecular weight excluding hydrogens is 200 g/mol. The summed E-state index contributed by atoms with van der Waals surface area (Å²) >= 11 is 0. The van der Waals surface area contributed by atoms with E-state index in [0.717, 1.165) is 24.1 Å². The van der Waals surface area contributed by atoms with Gasteiger partial charge in [0.2, 0.25) is 5.91 Å². The SMILES string of the molecule is CCC[C@H](C)C(=O)Nc1cc(N)ccc1C. The third kappa shape index (κ3) is 3.26. The van der Waals surface area contributed by atoms with Gasteiger partial charge in [0.1, 0.15) is 0 Å². The molecule has 1 aromatic carbocycles. The minimum Gasteiger partial charge on any atom is -0.399 e. The Kier molecular flexibility index (Phi) is 4.35. The zero-order valence-electron chi connectivity index (χ0n) is 10.2. The van der Waals surface area contributed by atoms with Gasteiger partial charge in [0.15, 0.2) is 0 Å². The Morgan fingerprint density at radius 1 is 1.50 bits per heavy atom. The van der Waals surface area contributed by atoms with E-state index in [9.17, 15) is 4.79 Å². The number of nitrogens with one attached hydrogen (secondary N) is 1. The minimum absolute atomic E-state index is 0.0471. The van der Waals surface area contributed by atoms with Crippen molar-refractivity contribution in [3.05, 3.63) is 23.8 Å². The minimum atomic E-state index is 0.0471. The molecule has 1 amide bonds. The number of anilines is 2. The molecule has 16 heavy (non-hydrogen) atoms. The second-order valence-electron chi connectivity index (χ2n) is 4.25. The molecule has 3 N–H and O–H groups in total. The molecule has 0 aliphatic carbocycles. The smallest absolute Gasteiger partial charge is 0.227 e. The summed E-state index contributed by atoms with van der Waals surface area (Å²) in [7, 11) is 0. The van der Waals surface area contributed by atoms with Crippen LogP contribution in [0.5, 0.6) is 0 Å². The number of carbonyl (C=O) groups is 1. The number of nitrogens with two attached hydrogens (primary N) is 1. The van der Waals surface area contributed by atoms with Crippen LogP contribution in [-0.2, 0) is 4.79 Å². The van der Waals surface area contributed by atoms with Crippen molar-refractivity contribution in [2.75, 3.05) is 11.1 Å². The first-order valence-corrected chi connectivity index (χ1v) is 5.71. The van der Waals surface area contributed by atoms with Gasteiger partial charge < -0.3 is 11.1 Å². The highest BCUT2D eigenvalue weighted by molar-refractivity contribution is 5.93. The van der Waals surface area contributed by atoms with Crippen LogP contribution in [-0.4, -0.2) is 5.91 Å². The fourth-order valence-corrected chi connectivity index (χ4v) is 1.59. The summed E-state index contributed by atoms with van der Waals surface area (Å²) in [4.78, 5) is 11.8. The molecular formula is C13H20N2O. The van der Waals surface area contributed by atoms with Crippen molar-refractivity contribution < 1.29 is 4.79 Å². The van der Waals surface area contributed by atoms with Crippen LogP contribution >= 0.6 is 0 Å². The van der Waals surface area contributed by atoms with E-state index < -0.39 is 0 Å². The molecule has 0 fully saturated rings. The number of rotatable bonds is 4. The Morgan fingerprint density at radius 2 is 2.19 bits per heavy atom. The fraction of sp³-hybridized carbons (Fsp3) is 0.462. The summed E-state index contributed by atoms with van der Waals surface area (Å²) in [5, 5.41) is 2.92. The molecule has 0 saturated carbocycles. The lowest BCUT2D eigenvalue weighted by Crippen LogP contribution is -2.20. The van der Waals surface area contributed by atoms with Crippen LogP contribution in [0.15, 0.2) is 18.2 Å². The lowest BCUT2D eigenvalue weighted by atomic mass is 10.0. The number of carbonyl (C=O) groups excluding carboxylic acids is 1. The van der Waals surface area contributed by atoms with Gasteiger partial charge in [-0.15, -0.1) is 0 Å². The molecule has 1 atom stereocenters. The van der Waals surface area contributed by atoms with Crippen LogP contribution in [0.2, 0.25) is 0 Å². The first-order valence-electron chi connectivity index (χ1n) is 5.71. The molecule has 88 valence electrons. The highest BCUT2D eigenvalue weighted by Crippen LogP contribution is 2.19. The van der Waals surface area contributed by atoms with Gasteiger partial charge in [-0.2, -0.15) is 0 Å². The molecule has 0 aliphatic rings. The molecule has 0 saturated heterocycles. The third-order valence-electron chi connectivity index (χ3n) is 2.69. The summed E-state index contributed by atoms with van der Waals surface area (Å²) in [6.07, 6.45) is 1.93. The van der Waals surface area contributed by atoms with Gasteiger partial charge in [0.05, 0.1) is 0 Å². The first kappa shape index (κ1) is 12.6. The van der Waals surface area contributed by atoms with Crippen LogP contribution in [0, 0.1) is 12.8 Å². The zero-order chi connectivity index (χ0) is 12.1. The molecule has 0 heterocycles. The van der Waals surface area contributed by atoms with E-state index in [0.29, 0.717) is 5.69 Å². The van der Waals surface area contributed by atoms with Crippen molar-refractivity contribution in [2.45, 2.75) is 33.6 Å². The van der Waals surface area contributed by atoms with E-state index in [1.54, 1.807) is 6.07 Å². The summed E-state index contributed by atoms with van der Waals surface area (Å²) in [6, 6.07) is 5.54. The van der Waals surface area contributed by atoms with Crippen molar-refractivity contribution in [3.63, 3.8) is 0 Å². The predicted octanol–water partition coefficient (Wildman–Crippen LogP) is 2.95. The highest BCUT2D eigenvalue weighted by atomic mass is 16.1. The van der Waals surface area contributed by atoms with Crippen molar-refractivity contribution >= 4 is 17.3 Å². The molecule has 0 aliphatic heterocycles. The molecule has 0 aromatic heterocycles. The maximum atomic E-state index is 11.8. The summed E-state index contributed by atoms with van der Waals surface area (Å²) in [6.45, 7) is 5.98. The highest BCUT2D eigenvalue weighted by Gasteiger charge is 2.12. The number of hydrogen-bond donors (Lipinski definition) is 2. The normalized spacial score (nSPS) is 12.2. The van der Waals surface area contributed by atoms with Gasteiger partial charge in [-0.05, 0) is 31.0 Å². The molecule has 3 nitrogen and oxygen atoms in total. The predicted molar refractivity (Wildman–Crippen MR) is 68.3 cm³/mol. The standard InChI is InChI=1S/C13H20N2O/c1-4-5-10(3)13(16)15-12-8-11(14)7-6-9(12)2/h6-8,10H,4-5,14H2,1-3H3,(H,15,16)/t10-/m0/s1. The molecule has 0 spiro atoms.